The van der Waals surface area contributed by atoms with Crippen LogP contribution in [0.2, 0.25) is 0 Å². The normalized spacial score (nSPS) is 22.3. The number of aromatic nitrogens is 1. The van der Waals surface area contributed by atoms with Gasteiger partial charge in [-0.15, -0.1) is 0 Å². The molecule has 94 valence electrons. The highest BCUT2D eigenvalue weighted by Crippen LogP contribution is 2.21. The van der Waals surface area contributed by atoms with Crippen LogP contribution in [0.25, 0.3) is 0 Å². The van der Waals surface area contributed by atoms with E-state index in [4.69, 9.17) is 5.73 Å². The maximum absolute atomic E-state index is 5.64. The molecular formula is C14H23N3. The lowest BCUT2D eigenvalue weighted by Crippen LogP contribution is -2.24. The van der Waals surface area contributed by atoms with Crippen molar-refractivity contribution in [3.63, 3.8) is 0 Å². The molecule has 2 rings (SSSR count). The van der Waals surface area contributed by atoms with E-state index in [-0.39, 0.29) is 0 Å². The summed E-state index contributed by atoms with van der Waals surface area (Å²) in [5.41, 5.74) is 7.52. The molecule has 0 aliphatic carbocycles. The van der Waals surface area contributed by atoms with E-state index in [2.05, 4.69) is 16.8 Å². The van der Waals surface area contributed by atoms with Crippen molar-refractivity contribution in [1.29, 1.82) is 0 Å². The zero-order valence-corrected chi connectivity index (χ0v) is 10.7. The van der Waals surface area contributed by atoms with E-state index in [9.17, 15) is 0 Å². The molecule has 1 aromatic rings. The lowest BCUT2D eigenvalue weighted by molar-refractivity contribution is 0.269. The molecule has 1 saturated heterocycles. The third-order valence-corrected chi connectivity index (χ3v) is 3.75. The Morgan fingerprint density at radius 2 is 2.24 bits per heavy atom. The summed E-state index contributed by atoms with van der Waals surface area (Å²) in [5, 5.41) is 0. The van der Waals surface area contributed by atoms with Crippen LogP contribution in [0.4, 0.5) is 5.69 Å². The van der Waals surface area contributed by atoms with Crippen LogP contribution in [0.1, 0.15) is 38.3 Å². The average molecular weight is 233 g/mol. The standard InChI is InChI=1S/C14H23N3/c1-2-12-4-3-8-17(9-7-12)11-14-6-5-13(15)10-16-14/h5-6,10,12H,2-4,7-9,11,15H2,1H3. The van der Waals surface area contributed by atoms with Gasteiger partial charge in [0.05, 0.1) is 17.6 Å². The minimum Gasteiger partial charge on any atom is -0.397 e. The lowest BCUT2D eigenvalue weighted by Gasteiger charge is -2.19. The van der Waals surface area contributed by atoms with E-state index in [0.717, 1.165) is 23.8 Å². The van der Waals surface area contributed by atoms with Gasteiger partial charge in [-0.3, -0.25) is 9.88 Å². The molecule has 3 heteroatoms. The number of likely N-dealkylation sites (tertiary alicyclic amines) is 1. The van der Waals surface area contributed by atoms with Crippen LogP contribution >= 0.6 is 0 Å². The van der Waals surface area contributed by atoms with Gasteiger partial charge in [0.2, 0.25) is 0 Å². The molecule has 2 N–H and O–H groups in total. The summed E-state index contributed by atoms with van der Waals surface area (Å²) in [5.74, 6) is 0.930. The second kappa shape index (κ2) is 6.01. The van der Waals surface area contributed by atoms with Gasteiger partial charge in [0.1, 0.15) is 0 Å². The summed E-state index contributed by atoms with van der Waals surface area (Å²) in [6.45, 7) is 5.70. The predicted octanol–water partition coefficient (Wildman–Crippen LogP) is 2.68. The predicted molar refractivity (Wildman–Crippen MR) is 71.6 cm³/mol. The molecule has 0 bridgehead atoms. The van der Waals surface area contributed by atoms with Crippen molar-refractivity contribution in [2.75, 3.05) is 18.8 Å². The Kier molecular flexibility index (Phi) is 4.37. The van der Waals surface area contributed by atoms with Gasteiger partial charge in [0.25, 0.3) is 0 Å². The first kappa shape index (κ1) is 12.4. The van der Waals surface area contributed by atoms with Gasteiger partial charge in [-0.05, 0) is 50.4 Å². The van der Waals surface area contributed by atoms with Crippen molar-refractivity contribution in [2.24, 2.45) is 5.92 Å². The zero-order chi connectivity index (χ0) is 12.1. The van der Waals surface area contributed by atoms with Crippen LogP contribution < -0.4 is 5.73 Å². The molecule has 1 atom stereocenters. The maximum Gasteiger partial charge on any atom is 0.0545 e. The van der Waals surface area contributed by atoms with Crippen LogP contribution in [0.5, 0.6) is 0 Å². The molecule has 3 nitrogen and oxygen atoms in total. The van der Waals surface area contributed by atoms with Crippen molar-refractivity contribution >= 4 is 5.69 Å². The molecule has 1 aromatic heterocycles. The van der Waals surface area contributed by atoms with Crippen LogP contribution in [-0.2, 0) is 6.54 Å². The van der Waals surface area contributed by atoms with E-state index in [1.54, 1.807) is 6.20 Å². The first-order chi connectivity index (χ1) is 8.28. The summed E-state index contributed by atoms with van der Waals surface area (Å²) < 4.78 is 0. The number of hydrogen-bond acceptors (Lipinski definition) is 3. The summed E-state index contributed by atoms with van der Waals surface area (Å²) in [6.07, 6.45) is 7.14. The summed E-state index contributed by atoms with van der Waals surface area (Å²) in [6, 6.07) is 3.98. The minimum absolute atomic E-state index is 0.746. The fourth-order valence-corrected chi connectivity index (χ4v) is 2.55. The van der Waals surface area contributed by atoms with Crippen molar-refractivity contribution < 1.29 is 0 Å². The molecule has 1 fully saturated rings. The first-order valence-electron chi connectivity index (χ1n) is 6.70. The molecular weight excluding hydrogens is 210 g/mol. The van der Waals surface area contributed by atoms with Gasteiger partial charge in [-0.25, -0.2) is 0 Å². The number of anilines is 1. The number of hydrogen-bond donors (Lipinski definition) is 1. The largest absolute Gasteiger partial charge is 0.397 e. The number of nitrogens with two attached hydrogens (primary N) is 1. The van der Waals surface area contributed by atoms with Crippen LogP contribution in [0.3, 0.4) is 0 Å². The number of pyridine rings is 1. The molecule has 0 saturated carbocycles. The fourth-order valence-electron chi connectivity index (χ4n) is 2.55. The van der Waals surface area contributed by atoms with Gasteiger partial charge in [-0.2, -0.15) is 0 Å². The Morgan fingerprint density at radius 1 is 1.35 bits per heavy atom. The zero-order valence-electron chi connectivity index (χ0n) is 10.7. The highest BCUT2D eigenvalue weighted by molar-refractivity contribution is 5.34. The third-order valence-electron chi connectivity index (χ3n) is 3.75. The molecule has 0 amide bonds. The number of nitrogen functional groups attached to an aromatic ring is 1. The van der Waals surface area contributed by atoms with Crippen molar-refractivity contribution in [3.05, 3.63) is 24.0 Å². The van der Waals surface area contributed by atoms with Gasteiger partial charge in [0.15, 0.2) is 0 Å². The topological polar surface area (TPSA) is 42.1 Å². The van der Waals surface area contributed by atoms with Gasteiger partial charge in [-0.1, -0.05) is 13.3 Å². The Balaban J connectivity index is 1.88. The molecule has 1 aliphatic rings. The number of rotatable bonds is 3. The molecule has 0 radical (unpaired) electrons. The Labute approximate surface area is 104 Å². The second-order valence-electron chi connectivity index (χ2n) is 5.06. The molecule has 2 heterocycles. The maximum atomic E-state index is 5.64. The van der Waals surface area contributed by atoms with E-state index in [1.807, 2.05) is 12.1 Å². The second-order valence-corrected chi connectivity index (χ2v) is 5.06. The Morgan fingerprint density at radius 3 is 2.94 bits per heavy atom. The van der Waals surface area contributed by atoms with E-state index >= 15 is 0 Å². The summed E-state index contributed by atoms with van der Waals surface area (Å²) in [4.78, 5) is 6.90. The van der Waals surface area contributed by atoms with E-state index in [0.29, 0.717) is 0 Å². The van der Waals surface area contributed by atoms with Crippen LogP contribution in [0.15, 0.2) is 18.3 Å². The monoisotopic (exact) mass is 233 g/mol. The van der Waals surface area contributed by atoms with Gasteiger partial charge < -0.3 is 5.73 Å². The van der Waals surface area contributed by atoms with Crippen molar-refractivity contribution in [3.8, 4) is 0 Å². The average Bonchev–Trinajstić information content (AvgIpc) is 2.57. The lowest BCUT2D eigenvalue weighted by atomic mass is 9.98. The number of nitrogens with zero attached hydrogens (tertiary/aromatic N) is 2. The highest BCUT2D eigenvalue weighted by atomic mass is 15.1. The summed E-state index contributed by atoms with van der Waals surface area (Å²) >= 11 is 0. The van der Waals surface area contributed by atoms with Crippen LogP contribution in [0, 0.1) is 5.92 Å². The molecule has 0 aromatic carbocycles. The van der Waals surface area contributed by atoms with E-state index < -0.39 is 0 Å². The van der Waals surface area contributed by atoms with Gasteiger partial charge in [0, 0.05) is 6.54 Å². The summed E-state index contributed by atoms with van der Waals surface area (Å²) in [7, 11) is 0. The smallest absolute Gasteiger partial charge is 0.0545 e. The fraction of sp³-hybridized carbons (Fsp3) is 0.643. The van der Waals surface area contributed by atoms with E-state index in [1.165, 1.54) is 38.8 Å². The SMILES string of the molecule is CCC1CCCN(Cc2ccc(N)cn2)CC1. The highest BCUT2D eigenvalue weighted by Gasteiger charge is 2.15. The van der Waals surface area contributed by atoms with Crippen LogP contribution in [-0.4, -0.2) is 23.0 Å². The minimum atomic E-state index is 0.746. The molecule has 1 aliphatic heterocycles. The Bertz CT molecular complexity index is 334. The Hall–Kier alpha value is -1.09. The first-order valence-corrected chi connectivity index (χ1v) is 6.70. The van der Waals surface area contributed by atoms with Crippen molar-refractivity contribution in [1.82, 2.24) is 9.88 Å². The van der Waals surface area contributed by atoms with Gasteiger partial charge >= 0.3 is 0 Å². The molecule has 1 unspecified atom stereocenters. The van der Waals surface area contributed by atoms with Crippen molar-refractivity contribution in [2.45, 2.75) is 39.2 Å². The molecule has 17 heavy (non-hydrogen) atoms. The third kappa shape index (κ3) is 3.70. The quantitative estimate of drug-likeness (QED) is 0.872. The molecule has 0 spiro atoms.